The molecule has 0 aromatic heterocycles. The summed E-state index contributed by atoms with van der Waals surface area (Å²) in [7, 11) is 3.19. The van der Waals surface area contributed by atoms with Gasteiger partial charge in [-0.05, 0) is 5.56 Å². The number of hydrogen-bond acceptors (Lipinski definition) is 6. The van der Waals surface area contributed by atoms with E-state index < -0.39 is 16.9 Å². The third-order valence-electron chi connectivity index (χ3n) is 4.12. The summed E-state index contributed by atoms with van der Waals surface area (Å²) < 4.78 is 0. The maximum atomic E-state index is 12.2. The van der Waals surface area contributed by atoms with Gasteiger partial charge in [-0.15, -0.1) is 0 Å². The van der Waals surface area contributed by atoms with E-state index in [-0.39, 0.29) is 23.5 Å². The van der Waals surface area contributed by atoms with E-state index in [9.17, 15) is 19.7 Å². The molecule has 1 aromatic rings. The number of amides is 2. The van der Waals surface area contributed by atoms with E-state index >= 15 is 0 Å². The number of hydrazine groups is 1. The molecule has 0 saturated carbocycles. The number of likely N-dealkylation sites (tertiary alicyclic amines) is 1. The summed E-state index contributed by atoms with van der Waals surface area (Å²) in [5.74, 6) is -0.969. The zero-order valence-electron chi connectivity index (χ0n) is 11.5. The fraction of sp³-hybridized carbons (Fsp3) is 0.385. The van der Waals surface area contributed by atoms with E-state index in [1.807, 2.05) is 0 Å². The van der Waals surface area contributed by atoms with E-state index in [1.165, 1.54) is 19.2 Å². The summed E-state index contributed by atoms with van der Waals surface area (Å²) in [6.45, 7) is 0. The Morgan fingerprint density at radius 1 is 1.14 bits per heavy atom. The first kappa shape index (κ1) is 13.7. The minimum Gasteiger partial charge on any atom is -0.284 e. The van der Waals surface area contributed by atoms with Crippen molar-refractivity contribution in [1.82, 2.24) is 15.3 Å². The largest absolute Gasteiger partial charge is 0.284 e. The Morgan fingerprint density at radius 2 is 1.76 bits per heavy atom. The Bertz CT molecular complexity index is 630. The summed E-state index contributed by atoms with van der Waals surface area (Å²) in [4.78, 5) is 35.6. The Morgan fingerprint density at radius 3 is 2.33 bits per heavy atom. The molecule has 3 rings (SSSR count). The Balaban J connectivity index is 1.94. The third kappa shape index (κ3) is 1.91. The first-order valence-electron chi connectivity index (χ1n) is 6.46. The second kappa shape index (κ2) is 4.61. The van der Waals surface area contributed by atoms with Gasteiger partial charge in [0, 0.05) is 26.2 Å². The molecule has 2 heterocycles. The zero-order valence-corrected chi connectivity index (χ0v) is 11.5. The molecule has 1 N–H and O–H groups in total. The molecular formula is C13H14N4O4. The lowest BCUT2D eigenvalue weighted by Crippen LogP contribution is -2.41. The number of imide groups is 1. The van der Waals surface area contributed by atoms with Crippen LogP contribution in [0.4, 0.5) is 5.69 Å². The van der Waals surface area contributed by atoms with Crippen LogP contribution in [-0.2, 0) is 9.59 Å². The lowest BCUT2D eigenvalue weighted by atomic mass is 9.91. The average molecular weight is 290 g/mol. The molecule has 2 aliphatic heterocycles. The SMILES string of the molecule is CN1C(=O)[C@@H]2[C@@H](c3ccc([N+](=O)[O-])cc3)NN(C)[C@H]2C1=O. The molecule has 0 aliphatic carbocycles. The molecule has 0 bridgehead atoms. The van der Waals surface area contributed by atoms with Crippen LogP contribution in [0.5, 0.6) is 0 Å². The van der Waals surface area contributed by atoms with Gasteiger partial charge >= 0.3 is 0 Å². The second-order valence-electron chi connectivity index (χ2n) is 5.27. The van der Waals surface area contributed by atoms with Crippen molar-refractivity contribution >= 4 is 17.5 Å². The van der Waals surface area contributed by atoms with Gasteiger partial charge in [0.25, 0.3) is 5.69 Å². The van der Waals surface area contributed by atoms with Crippen molar-refractivity contribution in [3.63, 3.8) is 0 Å². The fourth-order valence-electron chi connectivity index (χ4n) is 3.02. The van der Waals surface area contributed by atoms with E-state index in [4.69, 9.17) is 0 Å². The van der Waals surface area contributed by atoms with Gasteiger partial charge in [-0.2, -0.15) is 0 Å². The van der Waals surface area contributed by atoms with Gasteiger partial charge in [-0.1, -0.05) is 12.1 Å². The molecule has 0 spiro atoms. The molecule has 3 atom stereocenters. The number of carbonyl (C=O) groups excluding carboxylic acids is 2. The molecule has 21 heavy (non-hydrogen) atoms. The van der Waals surface area contributed by atoms with Crippen LogP contribution < -0.4 is 5.43 Å². The highest BCUT2D eigenvalue weighted by Gasteiger charge is 2.56. The zero-order chi connectivity index (χ0) is 15.3. The average Bonchev–Trinajstić information content (AvgIpc) is 2.92. The number of fused-ring (bicyclic) bond motifs is 1. The molecule has 2 saturated heterocycles. The number of hydrogen-bond donors (Lipinski definition) is 1. The molecular weight excluding hydrogens is 276 g/mol. The summed E-state index contributed by atoms with van der Waals surface area (Å²) >= 11 is 0. The van der Waals surface area contributed by atoms with Gasteiger partial charge in [-0.25, -0.2) is 10.4 Å². The smallest absolute Gasteiger partial charge is 0.269 e. The van der Waals surface area contributed by atoms with Gasteiger partial charge in [0.05, 0.1) is 16.9 Å². The molecule has 8 heteroatoms. The maximum absolute atomic E-state index is 12.2. The van der Waals surface area contributed by atoms with Crippen LogP contribution in [0.2, 0.25) is 0 Å². The van der Waals surface area contributed by atoms with Crippen molar-refractivity contribution in [1.29, 1.82) is 0 Å². The number of non-ortho nitro benzene ring substituents is 1. The number of rotatable bonds is 2. The van der Waals surface area contributed by atoms with Crippen LogP contribution in [-0.4, -0.2) is 46.8 Å². The standard InChI is InChI=1S/C13H14N4O4/c1-15-12(18)9-10(14-16(2)11(9)13(15)19)7-3-5-8(6-4-7)17(20)21/h3-6,9-11,14H,1-2H3/t9-,10-,11-/m1/s1. The topological polar surface area (TPSA) is 95.8 Å². The lowest BCUT2D eigenvalue weighted by Gasteiger charge is -2.19. The van der Waals surface area contributed by atoms with Gasteiger partial charge in [0.2, 0.25) is 11.8 Å². The van der Waals surface area contributed by atoms with E-state index in [0.717, 1.165) is 10.5 Å². The monoisotopic (exact) mass is 290 g/mol. The molecule has 2 amide bonds. The predicted molar refractivity (Wildman–Crippen MR) is 71.8 cm³/mol. The minimum absolute atomic E-state index is 0.00686. The van der Waals surface area contributed by atoms with E-state index in [1.54, 1.807) is 24.2 Å². The number of nitro groups is 1. The molecule has 2 fully saturated rings. The number of likely N-dealkylation sites (N-methyl/N-ethyl adjacent to an activating group) is 2. The Kier molecular flexibility index (Phi) is 2.99. The fourth-order valence-corrected chi connectivity index (χ4v) is 3.02. The number of carbonyl (C=O) groups is 2. The van der Waals surface area contributed by atoms with Crippen molar-refractivity contribution in [3.8, 4) is 0 Å². The van der Waals surface area contributed by atoms with Crippen LogP contribution in [0.1, 0.15) is 11.6 Å². The third-order valence-corrected chi connectivity index (χ3v) is 4.12. The van der Waals surface area contributed by atoms with Crippen LogP contribution >= 0.6 is 0 Å². The molecule has 110 valence electrons. The molecule has 8 nitrogen and oxygen atoms in total. The first-order chi connectivity index (χ1) is 9.91. The summed E-state index contributed by atoms with van der Waals surface area (Å²) in [5, 5.41) is 12.3. The summed E-state index contributed by atoms with van der Waals surface area (Å²) in [5.41, 5.74) is 3.84. The highest BCUT2D eigenvalue weighted by molar-refractivity contribution is 6.07. The number of nitrogens with zero attached hydrogens (tertiary/aromatic N) is 3. The van der Waals surface area contributed by atoms with E-state index in [0.29, 0.717) is 0 Å². The molecule has 2 aliphatic rings. The first-order valence-corrected chi connectivity index (χ1v) is 6.46. The van der Waals surface area contributed by atoms with Gasteiger partial charge < -0.3 is 0 Å². The van der Waals surface area contributed by atoms with Crippen molar-refractivity contribution < 1.29 is 14.5 Å². The lowest BCUT2D eigenvalue weighted by molar-refractivity contribution is -0.384. The quantitative estimate of drug-likeness (QED) is 0.470. The van der Waals surface area contributed by atoms with E-state index in [2.05, 4.69) is 5.43 Å². The highest BCUT2D eigenvalue weighted by Crippen LogP contribution is 2.39. The Labute approximate surface area is 120 Å². The van der Waals surface area contributed by atoms with Crippen molar-refractivity contribution in [2.24, 2.45) is 5.92 Å². The molecule has 1 aromatic carbocycles. The van der Waals surface area contributed by atoms with Crippen LogP contribution in [0.25, 0.3) is 0 Å². The number of nitro benzene ring substituents is 1. The predicted octanol–water partition coefficient (Wildman–Crippen LogP) is 0.0693. The molecule has 0 radical (unpaired) electrons. The van der Waals surface area contributed by atoms with Gasteiger partial charge in [0.15, 0.2) is 0 Å². The molecule has 0 unspecified atom stereocenters. The van der Waals surface area contributed by atoms with Gasteiger partial charge in [0.1, 0.15) is 6.04 Å². The second-order valence-corrected chi connectivity index (χ2v) is 5.27. The van der Waals surface area contributed by atoms with Crippen LogP contribution in [0.15, 0.2) is 24.3 Å². The summed E-state index contributed by atoms with van der Waals surface area (Å²) in [6.07, 6.45) is 0. The number of benzene rings is 1. The van der Waals surface area contributed by atoms with Gasteiger partial charge in [-0.3, -0.25) is 24.6 Å². The summed E-state index contributed by atoms with van der Waals surface area (Å²) in [6, 6.07) is 5.14. The highest BCUT2D eigenvalue weighted by atomic mass is 16.6. The number of nitrogens with one attached hydrogen (secondary N) is 1. The van der Waals surface area contributed by atoms with Crippen LogP contribution in [0.3, 0.4) is 0 Å². The normalized spacial score (nSPS) is 29.0. The maximum Gasteiger partial charge on any atom is 0.269 e. The van der Waals surface area contributed by atoms with Crippen LogP contribution in [0, 0.1) is 16.0 Å². The minimum atomic E-state index is -0.525. The van der Waals surface area contributed by atoms with Crippen molar-refractivity contribution in [3.05, 3.63) is 39.9 Å². The van der Waals surface area contributed by atoms with Crippen molar-refractivity contribution in [2.45, 2.75) is 12.1 Å². The Hall–Kier alpha value is -2.32. The van der Waals surface area contributed by atoms with Crippen molar-refractivity contribution in [2.75, 3.05) is 14.1 Å².